The number of ether oxygens (including phenoxy) is 1. The molecule has 6 nitrogen and oxygen atoms in total. The number of benzene rings is 1. The highest BCUT2D eigenvalue weighted by Gasteiger charge is 2.15. The lowest BCUT2D eigenvalue weighted by Gasteiger charge is -2.27. The average molecular weight is 320 g/mol. The molecule has 122 valence electrons. The maximum atomic E-state index is 14.4. The number of aromatic nitrogens is 1. The van der Waals surface area contributed by atoms with Crippen molar-refractivity contribution in [1.82, 2.24) is 9.47 Å². The molecule has 1 aliphatic heterocycles. The highest BCUT2D eigenvalue weighted by Crippen LogP contribution is 2.19. The standard InChI is InChI=1S/C16H17FN2O4/c17-13-10-12(16(21)22)9-11-1-2-14(20)19(15(11)13)4-3-18-5-7-23-8-6-18/h1-2,9-10H,3-8H2,(H,21,22). The van der Waals surface area contributed by atoms with Gasteiger partial charge in [0.1, 0.15) is 5.82 Å². The fourth-order valence-electron chi connectivity index (χ4n) is 2.81. The van der Waals surface area contributed by atoms with Gasteiger partial charge in [0.25, 0.3) is 5.56 Å². The van der Waals surface area contributed by atoms with Crippen LogP contribution in [0.4, 0.5) is 4.39 Å². The van der Waals surface area contributed by atoms with Crippen LogP contribution in [0.25, 0.3) is 10.9 Å². The third-order valence-corrected chi connectivity index (χ3v) is 4.02. The van der Waals surface area contributed by atoms with Gasteiger partial charge in [-0.15, -0.1) is 0 Å². The number of hydrogen-bond donors (Lipinski definition) is 1. The van der Waals surface area contributed by atoms with Crippen molar-refractivity contribution < 1.29 is 19.0 Å². The Balaban J connectivity index is 1.96. The van der Waals surface area contributed by atoms with E-state index in [0.29, 0.717) is 31.7 Å². The summed E-state index contributed by atoms with van der Waals surface area (Å²) in [5.41, 5.74) is -0.281. The maximum absolute atomic E-state index is 14.4. The number of morpholine rings is 1. The molecule has 0 atom stereocenters. The molecule has 0 amide bonds. The van der Waals surface area contributed by atoms with Crippen molar-refractivity contribution in [2.24, 2.45) is 0 Å². The lowest BCUT2D eigenvalue weighted by Crippen LogP contribution is -2.39. The minimum absolute atomic E-state index is 0.131. The van der Waals surface area contributed by atoms with Crippen LogP contribution in [0.5, 0.6) is 0 Å². The summed E-state index contributed by atoms with van der Waals surface area (Å²) < 4.78 is 21.0. The lowest BCUT2D eigenvalue weighted by atomic mass is 10.1. The molecule has 1 N–H and O–H groups in total. The Kier molecular flexibility index (Phi) is 4.40. The number of carboxylic acids is 1. The maximum Gasteiger partial charge on any atom is 0.335 e. The summed E-state index contributed by atoms with van der Waals surface area (Å²) in [5, 5.41) is 9.42. The molecule has 2 heterocycles. The van der Waals surface area contributed by atoms with Crippen molar-refractivity contribution in [3.8, 4) is 0 Å². The number of fused-ring (bicyclic) bond motifs is 1. The Morgan fingerprint density at radius 1 is 1.22 bits per heavy atom. The number of pyridine rings is 1. The lowest BCUT2D eigenvalue weighted by molar-refractivity contribution is 0.0364. The molecule has 1 aliphatic rings. The molecule has 1 aromatic heterocycles. The van der Waals surface area contributed by atoms with Crippen LogP contribution in [0.2, 0.25) is 0 Å². The van der Waals surface area contributed by atoms with E-state index in [4.69, 9.17) is 9.84 Å². The summed E-state index contributed by atoms with van der Waals surface area (Å²) in [6.45, 7) is 3.83. The van der Waals surface area contributed by atoms with Crippen LogP contribution in [0.1, 0.15) is 10.4 Å². The minimum Gasteiger partial charge on any atom is -0.478 e. The van der Waals surface area contributed by atoms with Crippen LogP contribution in [0.3, 0.4) is 0 Å². The quantitative estimate of drug-likeness (QED) is 0.916. The van der Waals surface area contributed by atoms with Crippen molar-refractivity contribution in [2.45, 2.75) is 6.54 Å². The van der Waals surface area contributed by atoms with E-state index in [2.05, 4.69) is 4.90 Å². The smallest absolute Gasteiger partial charge is 0.335 e. The molecule has 0 radical (unpaired) electrons. The molecule has 7 heteroatoms. The van der Waals surface area contributed by atoms with E-state index in [0.717, 1.165) is 19.2 Å². The average Bonchev–Trinajstić information content (AvgIpc) is 2.55. The molecule has 1 aromatic carbocycles. The van der Waals surface area contributed by atoms with Crippen molar-refractivity contribution in [2.75, 3.05) is 32.8 Å². The zero-order valence-electron chi connectivity index (χ0n) is 12.5. The Hall–Kier alpha value is -2.25. The summed E-state index contributed by atoms with van der Waals surface area (Å²) in [4.78, 5) is 25.3. The van der Waals surface area contributed by atoms with Crippen molar-refractivity contribution in [3.05, 3.63) is 46.0 Å². The van der Waals surface area contributed by atoms with E-state index in [1.54, 1.807) is 0 Å². The van der Waals surface area contributed by atoms with Crippen molar-refractivity contribution in [3.63, 3.8) is 0 Å². The molecule has 3 rings (SSSR count). The number of nitrogens with zero attached hydrogens (tertiary/aromatic N) is 2. The molecule has 0 saturated carbocycles. The van der Waals surface area contributed by atoms with Gasteiger partial charge in [0.05, 0.1) is 24.3 Å². The van der Waals surface area contributed by atoms with Gasteiger partial charge in [-0.25, -0.2) is 9.18 Å². The molecule has 0 aliphatic carbocycles. The highest BCUT2D eigenvalue weighted by atomic mass is 19.1. The van der Waals surface area contributed by atoms with Crippen LogP contribution in [-0.2, 0) is 11.3 Å². The van der Waals surface area contributed by atoms with Crippen LogP contribution < -0.4 is 5.56 Å². The second-order valence-electron chi connectivity index (χ2n) is 5.48. The SMILES string of the molecule is O=C(O)c1cc(F)c2c(ccc(=O)n2CCN2CCOCC2)c1. The predicted octanol–water partition coefficient (Wildman–Crippen LogP) is 1.17. The van der Waals surface area contributed by atoms with Gasteiger partial charge >= 0.3 is 5.97 Å². The van der Waals surface area contributed by atoms with Crippen LogP contribution in [-0.4, -0.2) is 53.4 Å². The third kappa shape index (κ3) is 3.25. The van der Waals surface area contributed by atoms with Crippen molar-refractivity contribution >= 4 is 16.9 Å². The van der Waals surface area contributed by atoms with Crippen LogP contribution in [0.15, 0.2) is 29.1 Å². The Morgan fingerprint density at radius 3 is 2.65 bits per heavy atom. The molecule has 0 bridgehead atoms. The Morgan fingerprint density at radius 2 is 1.96 bits per heavy atom. The molecule has 1 fully saturated rings. The second-order valence-corrected chi connectivity index (χ2v) is 5.48. The van der Waals surface area contributed by atoms with Crippen molar-refractivity contribution in [1.29, 1.82) is 0 Å². The molecule has 1 saturated heterocycles. The fraction of sp³-hybridized carbons (Fsp3) is 0.375. The second kappa shape index (κ2) is 6.47. The van der Waals surface area contributed by atoms with Gasteiger partial charge in [0.15, 0.2) is 0 Å². The summed E-state index contributed by atoms with van der Waals surface area (Å²) in [6, 6.07) is 5.13. The first-order valence-electron chi connectivity index (χ1n) is 7.43. The molecule has 2 aromatic rings. The Labute approximate surface area is 131 Å². The van der Waals surface area contributed by atoms with E-state index < -0.39 is 11.8 Å². The van der Waals surface area contributed by atoms with E-state index in [9.17, 15) is 14.0 Å². The van der Waals surface area contributed by atoms with E-state index in [1.165, 1.54) is 22.8 Å². The molecular weight excluding hydrogens is 303 g/mol. The van der Waals surface area contributed by atoms with Gasteiger partial charge in [0, 0.05) is 37.6 Å². The summed E-state index contributed by atoms with van der Waals surface area (Å²) in [5.74, 6) is -1.89. The number of carboxylic acid groups (broad SMARTS) is 1. The first kappa shape index (κ1) is 15.6. The predicted molar refractivity (Wildman–Crippen MR) is 82.4 cm³/mol. The number of rotatable bonds is 4. The normalized spacial score (nSPS) is 15.9. The number of halogens is 1. The molecule has 23 heavy (non-hydrogen) atoms. The van der Waals surface area contributed by atoms with Crippen LogP contribution >= 0.6 is 0 Å². The first-order chi connectivity index (χ1) is 11.1. The van der Waals surface area contributed by atoms with E-state index in [-0.39, 0.29) is 16.6 Å². The minimum atomic E-state index is -1.20. The number of aromatic carboxylic acids is 1. The zero-order chi connectivity index (χ0) is 16.4. The van der Waals surface area contributed by atoms with E-state index in [1.807, 2.05) is 0 Å². The summed E-state index contributed by atoms with van der Waals surface area (Å²) in [6.07, 6.45) is 0. The molecular formula is C16H17FN2O4. The fourth-order valence-corrected chi connectivity index (χ4v) is 2.81. The van der Waals surface area contributed by atoms with Gasteiger partial charge in [-0.1, -0.05) is 0 Å². The summed E-state index contributed by atoms with van der Waals surface area (Å²) >= 11 is 0. The topological polar surface area (TPSA) is 71.8 Å². The number of hydrogen-bond acceptors (Lipinski definition) is 4. The first-order valence-corrected chi connectivity index (χ1v) is 7.43. The van der Waals surface area contributed by atoms with Crippen LogP contribution in [0, 0.1) is 5.82 Å². The Bertz CT molecular complexity index is 797. The van der Waals surface area contributed by atoms with Gasteiger partial charge in [-0.3, -0.25) is 9.69 Å². The molecule has 0 unspecified atom stereocenters. The largest absolute Gasteiger partial charge is 0.478 e. The van der Waals surface area contributed by atoms with Gasteiger partial charge in [0.2, 0.25) is 0 Å². The van der Waals surface area contributed by atoms with Gasteiger partial charge in [-0.2, -0.15) is 0 Å². The zero-order valence-corrected chi connectivity index (χ0v) is 12.5. The van der Waals surface area contributed by atoms with E-state index >= 15 is 0 Å². The summed E-state index contributed by atoms with van der Waals surface area (Å²) in [7, 11) is 0. The monoisotopic (exact) mass is 320 g/mol. The third-order valence-electron chi connectivity index (χ3n) is 4.02. The van der Waals surface area contributed by atoms with Gasteiger partial charge < -0.3 is 14.4 Å². The number of carbonyl (C=O) groups is 1. The van der Waals surface area contributed by atoms with Gasteiger partial charge in [-0.05, 0) is 18.2 Å². The molecule has 0 spiro atoms. The highest BCUT2D eigenvalue weighted by molar-refractivity contribution is 5.93.